The lowest BCUT2D eigenvalue weighted by atomic mass is 9.96. The van der Waals surface area contributed by atoms with E-state index < -0.39 is 43.9 Å². The summed E-state index contributed by atoms with van der Waals surface area (Å²) in [5.41, 5.74) is -1.28. The molecule has 0 saturated carbocycles. The van der Waals surface area contributed by atoms with Crippen LogP contribution in [0.2, 0.25) is 5.02 Å². The summed E-state index contributed by atoms with van der Waals surface area (Å²) in [6.07, 6.45) is -0.497. The van der Waals surface area contributed by atoms with E-state index in [2.05, 4.69) is 35.4 Å². The molecular weight excluding hydrogens is 745 g/mol. The van der Waals surface area contributed by atoms with Crippen LogP contribution in [0.1, 0.15) is 47.7 Å². The molecule has 1 saturated heterocycles. The molecule has 0 bridgehead atoms. The van der Waals surface area contributed by atoms with Gasteiger partial charge in [0.1, 0.15) is 28.6 Å². The van der Waals surface area contributed by atoms with Gasteiger partial charge in [0.05, 0.1) is 43.0 Å². The number of amides is 1. The maximum atomic E-state index is 12.9. The van der Waals surface area contributed by atoms with Crippen molar-refractivity contribution in [3.8, 4) is 0 Å². The Morgan fingerprint density at radius 3 is 2.15 bits per heavy atom. The van der Waals surface area contributed by atoms with Gasteiger partial charge in [-0.15, -0.1) is 0 Å². The molecule has 1 fully saturated rings. The number of hydrogen-bond acceptors (Lipinski definition) is 15. The minimum absolute atomic E-state index is 0.272. The first kappa shape index (κ1) is 42.2. The number of aliphatic carboxylic acids is 3. The Bertz CT molecular complexity index is 1740. The first-order valence-electron chi connectivity index (χ1n) is 15.9. The van der Waals surface area contributed by atoms with Crippen LogP contribution in [0, 0.1) is 13.8 Å². The fourth-order valence-electron chi connectivity index (χ4n) is 4.88. The number of carbonyl (C=O) groups excluding carboxylic acids is 1. The summed E-state index contributed by atoms with van der Waals surface area (Å²) < 4.78 is 23.8. The first-order chi connectivity index (χ1) is 24.5. The van der Waals surface area contributed by atoms with Gasteiger partial charge in [0.2, 0.25) is 0 Å². The van der Waals surface area contributed by atoms with Crippen molar-refractivity contribution in [2.45, 2.75) is 46.1 Å². The van der Waals surface area contributed by atoms with Crippen LogP contribution in [-0.4, -0.2) is 115 Å². The summed E-state index contributed by atoms with van der Waals surface area (Å²) in [7, 11) is -3.13. The summed E-state index contributed by atoms with van der Waals surface area (Å²) in [6.45, 7) is 10.9. The molecule has 1 aromatic carbocycles. The summed E-state index contributed by atoms with van der Waals surface area (Å²) >= 11 is 7.46. The zero-order chi connectivity index (χ0) is 38.6. The highest BCUT2D eigenvalue weighted by Gasteiger charge is 2.40. The Labute approximate surface area is 308 Å². The molecule has 0 unspecified atom stereocenters. The van der Waals surface area contributed by atoms with E-state index in [9.17, 15) is 23.7 Å². The van der Waals surface area contributed by atoms with Crippen LogP contribution >= 0.6 is 30.5 Å². The molecule has 0 spiro atoms. The largest absolute Gasteiger partial charge is 0.481 e. The van der Waals surface area contributed by atoms with Gasteiger partial charge in [-0.05, 0) is 39.3 Å². The zero-order valence-corrected chi connectivity index (χ0v) is 31.3. The number of rotatable bonds is 16. The highest BCUT2D eigenvalue weighted by Crippen LogP contribution is 2.48. The fraction of sp³-hybridized carbons (Fsp3) is 0.452. The van der Waals surface area contributed by atoms with Gasteiger partial charge in [0.15, 0.2) is 10.7 Å². The monoisotopic (exact) mass is 785 g/mol. The topological polar surface area (TPSA) is 254 Å². The number of nitrogens with zero attached hydrogens (tertiary/aromatic N) is 5. The number of carboxylic acid groups (broad SMARTS) is 3. The van der Waals surface area contributed by atoms with Crippen LogP contribution in [0.5, 0.6) is 0 Å². The average molecular weight is 786 g/mol. The van der Waals surface area contributed by atoms with E-state index in [4.69, 9.17) is 41.1 Å². The van der Waals surface area contributed by atoms with Gasteiger partial charge in [0.25, 0.3) is 5.91 Å². The Balaban J connectivity index is 0.000000478. The van der Waals surface area contributed by atoms with Gasteiger partial charge in [-0.25, -0.2) is 19.7 Å². The number of hydrogen-bond donors (Lipinski definition) is 6. The van der Waals surface area contributed by atoms with Gasteiger partial charge >= 0.3 is 25.5 Å². The number of thiazole rings is 1. The minimum Gasteiger partial charge on any atom is -0.481 e. The quantitative estimate of drug-likeness (QED) is 0.111. The molecule has 284 valence electrons. The maximum absolute atomic E-state index is 12.9. The lowest BCUT2D eigenvalue weighted by molar-refractivity contribution is -0.170. The molecule has 3 aromatic rings. The number of anilines is 4. The number of benzene rings is 1. The SMILES string of the molecule is CCOP(=O)(CN1CCN(c2cc(Nc3ncc(C(=O)Nc4c(C)cccc4Cl)s3)nc(C)n2)CC1)OCC.O=C(O)CC(O)(CC(=O)O)C(=O)O. The number of para-hydroxylation sites is 1. The molecule has 4 rings (SSSR count). The van der Waals surface area contributed by atoms with Crippen LogP contribution in [0.3, 0.4) is 0 Å². The molecule has 0 radical (unpaired) electrons. The molecule has 1 aliphatic heterocycles. The standard InChI is InChI=1S/C25H33ClN7O4PS.C6H8O7/c1-5-36-38(35,37-6-2)16-32-10-12-33(13-11-32)22-14-21(28-18(4)29-22)30-25-27-15-20(39-25)24(34)31-23-17(3)8-7-9-19(23)26;7-3(8)1-6(13,5(11)12)2-4(9)10/h7-9,14-15H,5-6,10-13,16H2,1-4H3,(H,31,34)(H,27,28,29,30);13H,1-2H2,(H,7,8)(H,9,10)(H,11,12). The molecule has 6 N–H and O–H groups in total. The number of aryl methyl sites for hydroxylation is 2. The number of carbonyl (C=O) groups is 4. The molecule has 0 aliphatic carbocycles. The van der Waals surface area contributed by atoms with Gasteiger partial charge in [-0.1, -0.05) is 35.1 Å². The molecule has 52 heavy (non-hydrogen) atoms. The average Bonchev–Trinajstić information content (AvgIpc) is 3.51. The van der Waals surface area contributed by atoms with Crippen molar-refractivity contribution < 1.29 is 53.2 Å². The van der Waals surface area contributed by atoms with Gasteiger partial charge < -0.3 is 45.0 Å². The Kier molecular flexibility index (Phi) is 15.4. The Hall–Kier alpha value is -4.23. The van der Waals surface area contributed by atoms with Crippen molar-refractivity contribution in [3.05, 3.63) is 51.7 Å². The third-order valence-electron chi connectivity index (χ3n) is 7.26. The van der Waals surface area contributed by atoms with E-state index >= 15 is 0 Å². The molecule has 2 aromatic heterocycles. The second-order valence-corrected chi connectivity index (χ2v) is 14.8. The summed E-state index contributed by atoms with van der Waals surface area (Å²) in [5, 5.41) is 40.9. The molecule has 3 heterocycles. The van der Waals surface area contributed by atoms with E-state index in [-0.39, 0.29) is 12.2 Å². The lowest BCUT2D eigenvalue weighted by Crippen LogP contribution is -2.47. The highest BCUT2D eigenvalue weighted by molar-refractivity contribution is 7.53. The van der Waals surface area contributed by atoms with Crippen molar-refractivity contribution in [2.75, 3.05) is 61.2 Å². The fourth-order valence-corrected chi connectivity index (χ4v) is 7.66. The number of piperazine rings is 1. The van der Waals surface area contributed by atoms with Gasteiger partial charge in [-0.2, -0.15) is 0 Å². The van der Waals surface area contributed by atoms with Crippen molar-refractivity contribution in [1.29, 1.82) is 0 Å². The second kappa shape index (κ2) is 19.0. The van der Waals surface area contributed by atoms with E-state index in [0.717, 1.165) is 11.4 Å². The predicted octanol–water partition coefficient (Wildman–Crippen LogP) is 4.30. The van der Waals surface area contributed by atoms with Crippen LogP contribution in [0.25, 0.3) is 0 Å². The van der Waals surface area contributed by atoms with Crippen LogP contribution in [0.4, 0.5) is 22.5 Å². The van der Waals surface area contributed by atoms with E-state index in [1.165, 1.54) is 17.5 Å². The molecule has 1 amide bonds. The summed E-state index contributed by atoms with van der Waals surface area (Å²) in [6, 6.07) is 7.32. The third kappa shape index (κ3) is 12.5. The number of carboxylic acids is 3. The predicted molar refractivity (Wildman–Crippen MR) is 193 cm³/mol. The smallest absolute Gasteiger partial charge is 0.344 e. The summed E-state index contributed by atoms with van der Waals surface area (Å²) in [4.78, 5) is 61.4. The van der Waals surface area contributed by atoms with Crippen molar-refractivity contribution in [2.24, 2.45) is 0 Å². The van der Waals surface area contributed by atoms with E-state index in [0.29, 0.717) is 71.8 Å². The first-order valence-corrected chi connectivity index (χ1v) is 18.8. The van der Waals surface area contributed by atoms with Crippen LogP contribution in [0.15, 0.2) is 30.5 Å². The van der Waals surface area contributed by atoms with E-state index in [1.54, 1.807) is 6.07 Å². The van der Waals surface area contributed by atoms with Crippen LogP contribution in [-0.2, 0) is 28.0 Å². The molecular formula is C31H41ClN7O11PS. The highest BCUT2D eigenvalue weighted by atomic mass is 35.5. The maximum Gasteiger partial charge on any atom is 0.344 e. The van der Waals surface area contributed by atoms with Crippen molar-refractivity contribution in [1.82, 2.24) is 19.9 Å². The number of halogens is 1. The van der Waals surface area contributed by atoms with Crippen molar-refractivity contribution in [3.63, 3.8) is 0 Å². The normalized spacial score (nSPS) is 13.5. The molecule has 18 nitrogen and oxygen atoms in total. The van der Waals surface area contributed by atoms with Gasteiger partial charge in [-0.3, -0.25) is 23.8 Å². The summed E-state index contributed by atoms with van der Waals surface area (Å²) in [5.74, 6) is -3.33. The zero-order valence-electron chi connectivity index (χ0n) is 28.9. The third-order valence-corrected chi connectivity index (χ3v) is 10.5. The lowest BCUT2D eigenvalue weighted by Gasteiger charge is -2.36. The minimum atomic E-state index is -3.13. The molecule has 0 atom stereocenters. The second-order valence-electron chi connectivity index (χ2n) is 11.4. The molecule has 1 aliphatic rings. The number of nitrogens with one attached hydrogen (secondary N) is 2. The van der Waals surface area contributed by atoms with Gasteiger partial charge in [0, 0.05) is 32.2 Å². The van der Waals surface area contributed by atoms with Crippen molar-refractivity contribution >= 4 is 76.8 Å². The number of aliphatic hydroxyl groups is 1. The number of aromatic nitrogens is 3. The Morgan fingerprint density at radius 1 is 1.00 bits per heavy atom. The van der Waals surface area contributed by atoms with E-state index in [1.807, 2.05) is 45.9 Å². The Morgan fingerprint density at radius 2 is 1.62 bits per heavy atom. The molecule has 21 heteroatoms. The van der Waals surface area contributed by atoms with Crippen LogP contribution < -0.4 is 15.5 Å².